The maximum Gasteiger partial charge on any atom is 0.333 e. The number of carbonyl (C=O) groups excluding carboxylic acids is 3. The molecule has 0 saturated heterocycles. The van der Waals surface area contributed by atoms with Crippen LogP contribution in [0, 0.1) is 0 Å². The van der Waals surface area contributed by atoms with Gasteiger partial charge in [-0.15, -0.1) is 0 Å². The molecule has 0 fully saturated rings. The van der Waals surface area contributed by atoms with Gasteiger partial charge in [-0.05, 0) is 6.92 Å². The highest BCUT2D eigenvalue weighted by molar-refractivity contribution is 9.09. The molecule has 0 unspecified atom stereocenters. The zero-order chi connectivity index (χ0) is 11.8. The molecule has 0 bridgehead atoms. The second-order valence-electron chi connectivity index (χ2n) is 2.65. The minimum Gasteiger partial charge on any atom is -0.462 e. The monoisotopic (exact) mass is 278 g/mol. The second-order valence-corrected chi connectivity index (χ2v) is 3.21. The molecule has 0 atom stereocenters. The van der Waals surface area contributed by atoms with Crippen LogP contribution in [0.15, 0.2) is 12.2 Å². The highest BCUT2D eigenvalue weighted by Crippen LogP contribution is 1.96. The van der Waals surface area contributed by atoms with Crippen LogP contribution in [0.5, 0.6) is 0 Å². The maximum absolute atomic E-state index is 10.9. The minimum absolute atomic E-state index is 0.0513. The molecular weight excluding hydrogens is 268 g/mol. The van der Waals surface area contributed by atoms with Crippen molar-refractivity contribution in [1.29, 1.82) is 0 Å². The van der Waals surface area contributed by atoms with Gasteiger partial charge in [0.15, 0.2) is 0 Å². The Labute approximate surface area is 95.5 Å². The summed E-state index contributed by atoms with van der Waals surface area (Å²) in [7, 11) is 0. The predicted molar refractivity (Wildman–Crippen MR) is 55.3 cm³/mol. The van der Waals surface area contributed by atoms with Gasteiger partial charge < -0.3 is 9.47 Å². The maximum atomic E-state index is 10.9. The molecule has 6 heteroatoms. The molecule has 0 spiro atoms. The van der Waals surface area contributed by atoms with Gasteiger partial charge in [0, 0.05) is 5.57 Å². The number of carbonyl (C=O) groups is 3. The first-order valence-corrected chi connectivity index (χ1v) is 5.21. The fraction of sp³-hybridized carbons (Fsp3) is 0.444. The lowest BCUT2D eigenvalue weighted by Gasteiger charge is -2.03. The van der Waals surface area contributed by atoms with Gasteiger partial charge in [0.1, 0.15) is 11.9 Å². The van der Waals surface area contributed by atoms with Crippen LogP contribution in [0.2, 0.25) is 0 Å². The van der Waals surface area contributed by atoms with Crippen LogP contribution < -0.4 is 0 Å². The van der Waals surface area contributed by atoms with E-state index in [-0.39, 0.29) is 23.9 Å². The second kappa shape index (κ2) is 7.17. The summed E-state index contributed by atoms with van der Waals surface area (Å²) in [4.78, 5) is 32.4. The van der Waals surface area contributed by atoms with Crippen molar-refractivity contribution < 1.29 is 23.9 Å². The number of rotatable bonds is 5. The smallest absolute Gasteiger partial charge is 0.333 e. The van der Waals surface area contributed by atoms with E-state index >= 15 is 0 Å². The third kappa shape index (κ3) is 6.84. The zero-order valence-corrected chi connectivity index (χ0v) is 9.83. The minimum atomic E-state index is -0.728. The Morgan fingerprint density at radius 3 is 2.33 bits per heavy atom. The normalized spacial score (nSPS) is 9.20. The molecule has 0 aliphatic rings. The van der Waals surface area contributed by atoms with E-state index in [1.807, 2.05) is 0 Å². The lowest BCUT2D eigenvalue weighted by Crippen LogP contribution is -2.16. The van der Waals surface area contributed by atoms with Crippen LogP contribution in [0.3, 0.4) is 0 Å². The molecular formula is C9H11BrO5. The molecule has 0 aliphatic heterocycles. The van der Waals surface area contributed by atoms with Crippen molar-refractivity contribution in [2.75, 3.05) is 11.9 Å². The van der Waals surface area contributed by atoms with E-state index < -0.39 is 17.9 Å². The van der Waals surface area contributed by atoms with Crippen LogP contribution in [0.1, 0.15) is 13.3 Å². The molecule has 0 radical (unpaired) electrons. The quantitative estimate of drug-likeness (QED) is 0.324. The molecule has 5 nitrogen and oxygen atoms in total. The summed E-state index contributed by atoms with van der Waals surface area (Å²) in [5.41, 5.74) is 0.250. The summed E-state index contributed by atoms with van der Waals surface area (Å²) in [6, 6.07) is 0. The fourth-order valence-electron chi connectivity index (χ4n) is 0.556. The summed E-state index contributed by atoms with van der Waals surface area (Å²) in [5, 5.41) is -0.0513. The van der Waals surface area contributed by atoms with Gasteiger partial charge in [0.2, 0.25) is 0 Å². The van der Waals surface area contributed by atoms with Crippen LogP contribution in [-0.4, -0.2) is 29.8 Å². The van der Waals surface area contributed by atoms with Crippen LogP contribution >= 0.6 is 15.9 Å². The van der Waals surface area contributed by atoms with E-state index in [4.69, 9.17) is 0 Å². The van der Waals surface area contributed by atoms with Crippen molar-refractivity contribution in [1.82, 2.24) is 0 Å². The van der Waals surface area contributed by atoms with E-state index in [0.29, 0.717) is 0 Å². The van der Waals surface area contributed by atoms with Crippen molar-refractivity contribution in [3.05, 3.63) is 12.2 Å². The summed E-state index contributed by atoms with van der Waals surface area (Å²) >= 11 is 2.83. The molecule has 0 aromatic rings. The predicted octanol–water partition coefficient (Wildman–Crippen LogP) is 0.961. The lowest BCUT2D eigenvalue weighted by molar-refractivity contribution is -0.158. The third-order valence-electron chi connectivity index (χ3n) is 1.22. The largest absolute Gasteiger partial charge is 0.462 e. The Bertz CT molecular complexity index is 284. The third-order valence-corrected chi connectivity index (χ3v) is 1.68. The number of hydrogen-bond acceptors (Lipinski definition) is 5. The Hall–Kier alpha value is -1.17. The van der Waals surface area contributed by atoms with E-state index in [1.165, 1.54) is 6.92 Å². The highest BCUT2D eigenvalue weighted by Gasteiger charge is 2.10. The van der Waals surface area contributed by atoms with Crippen LogP contribution in [0.25, 0.3) is 0 Å². The van der Waals surface area contributed by atoms with E-state index in [9.17, 15) is 14.4 Å². The van der Waals surface area contributed by atoms with Gasteiger partial charge in [0.05, 0.1) is 6.42 Å². The number of esters is 3. The molecule has 84 valence electrons. The average Bonchev–Trinajstić information content (AvgIpc) is 2.17. The number of hydrogen-bond donors (Lipinski definition) is 0. The summed E-state index contributed by atoms with van der Waals surface area (Å²) in [6.45, 7) is 4.73. The van der Waals surface area contributed by atoms with E-state index in [2.05, 4.69) is 32.0 Å². The summed E-state index contributed by atoms with van der Waals surface area (Å²) in [5.74, 6) is -1.98. The standard InChI is InChI=1S/C9H11BrO5/c1-6(2)9(13)14-4-3-7(11)15-8(12)5-10/h1,3-5H2,2H3. The van der Waals surface area contributed by atoms with Gasteiger partial charge in [0.25, 0.3) is 0 Å². The van der Waals surface area contributed by atoms with Crippen molar-refractivity contribution in [2.24, 2.45) is 0 Å². The van der Waals surface area contributed by atoms with Crippen molar-refractivity contribution >= 4 is 33.8 Å². The molecule has 0 aliphatic carbocycles. The molecule has 0 heterocycles. The highest BCUT2D eigenvalue weighted by atomic mass is 79.9. The lowest BCUT2D eigenvalue weighted by atomic mass is 10.4. The first-order chi connectivity index (χ1) is 6.97. The molecule has 0 N–H and O–H groups in total. The Balaban J connectivity index is 3.69. The van der Waals surface area contributed by atoms with E-state index in [1.54, 1.807) is 0 Å². The van der Waals surface area contributed by atoms with Gasteiger partial charge >= 0.3 is 17.9 Å². The Morgan fingerprint density at radius 2 is 1.87 bits per heavy atom. The first kappa shape index (κ1) is 13.8. The van der Waals surface area contributed by atoms with Crippen molar-refractivity contribution in [3.63, 3.8) is 0 Å². The number of ether oxygens (including phenoxy) is 2. The van der Waals surface area contributed by atoms with Gasteiger partial charge in [-0.3, -0.25) is 9.59 Å². The molecule has 0 aromatic carbocycles. The zero-order valence-electron chi connectivity index (χ0n) is 8.25. The number of halogens is 1. The first-order valence-electron chi connectivity index (χ1n) is 4.09. The van der Waals surface area contributed by atoms with Crippen molar-refractivity contribution in [2.45, 2.75) is 13.3 Å². The molecule has 0 saturated carbocycles. The average molecular weight is 279 g/mol. The van der Waals surface area contributed by atoms with Crippen LogP contribution in [-0.2, 0) is 23.9 Å². The van der Waals surface area contributed by atoms with E-state index in [0.717, 1.165) is 0 Å². The Kier molecular flexibility index (Phi) is 6.61. The van der Waals surface area contributed by atoms with Gasteiger partial charge in [-0.25, -0.2) is 4.79 Å². The number of alkyl halides is 1. The fourth-order valence-corrected chi connectivity index (χ4v) is 0.670. The molecule has 0 rings (SSSR count). The molecule has 0 amide bonds. The molecule has 0 aromatic heterocycles. The van der Waals surface area contributed by atoms with Crippen LogP contribution in [0.4, 0.5) is 0 Å². The van der Waals surface area contributed by atoms with Crippen molar-refractivity contribution in [3.8, 4) is 0 Å². The SMILES string of the molecule is C=C(C)C(=O)OCCC(=O)OC(=O)CBr. The topological polar surface area (TPSA) is 69.7 Å². The summed E-state index contributed by atoms with van der Waals surface area (Å²) < 4.78 is 8.93. The molecule has 15 heavy (non-hydrogen) atoms. The Morgan fingerprint density at radius 1 is 1.27 bits per heavy atom. The van der Waals surface area contributed by atoms with Gasteiger partial charge in [-0.2, -0.15) is 0 Å². The summed E-state index contributed by atoms with van der Waals surface area (Å²) in [6.07, 6.45) is -0.155. The van der Waals surface area contributed by atoms with Gasteiger partial charge in [-0.1, -0.05) is 22.5 Å².